The first-order chi connectivity index (χ1) is 8.70. The second-order valence-electron chi connectivity index (χ2n) is 4.83. The lowest BCUT2D eigenvalue weighted by atomic mass is 10.0. The zero-order valence-electron chi connectivity index (χ0n) is 10.8. The lowest BCUT2D eigenvalue weighted by molar-refractivity contribution is 0.0612. The van der Waals surface area contributed by atoms with Crippen LogP contribution in [0.4, 0.5) is 0 Å². The molecule has 0 spiro atoms. The molecule has 1 heterocycles. The van der Waals surface area contributed by atoms with Crippen molar-refractivity contribution < 1.29 is 4.74 Å². The Bertz CT molecular complexity index is 369. The monoisotopic (exact) mass is 268 g/mol. The summed E-state index contributed by atoms with van der Waals surface area (Å²) in [5.74, 6) is 0. The zero-order valence-corrected chi connectivity index (χ0v) is 11.6. The standard InChI is InChI=1S/C14H21ClN2O/c1-11-10-17(7-2-8-18-11)14(9-16)12-3-5-13(15)6-4-12/h3-6,11,14H,2,7-10,16H2,1H3. The van der Waals surface area contributed by atoms with Gasteiger partial charge in [0.1, 0.15) is 0 Å². The molecule has 100 valence electrons. The van der Waals surface area contributed by atoms with Crippen molar-refractivity contribution in [2.24, 2.45) is 5.73 Å². The van der Waals surface area contributed by atoms with Crippen molar-refractivity contribution in [1.82, 2.24) is 4.90 Å². The third-order valence-corrected chi connectivity index (χ3v) is 3.65. The third kappa shape index (κ3) is 3.45. The molecular formula is C14H21ClN2O. The molecule has 1 aromatic rings. The van der Waals surface area contributed by atoms with Crippen LogP contribution in [0, 0.1) is 0 Å². The molecule has 0 aromatic heterocycles. The van der Waals surface area contributed by atoms with Gasteiger partial charge >= 0.3 is 0 Å². The summed E-state index contributed by atoms with van der Waals surface area (Å²) in [6.45, 7) is 5.55. The first kappa shape index (κ1) is 13.8. The Balaban J connectivity index is 2.13. The summed E-state index contributed by atoms with van der Waals surface area (Å²) in [4.78, 5) is 2.42. The van der Waals surface area contributed by atoms with Gasteiger partial charge in [-0.3, -0.25) is 4.90 Å². The number of hydrogen-bond donors (Lipinski definition) is 1. The van der Waals surface area contributed by atoms with Crippen molar-refractivity contribution in [3.8, 4) is 0 Å². The first-order valence-corrected chi connectivity index (χ1v) is 6.89. The van der Waals surface area contributed by atoms with Gasteiger partial charge in [0.25, 0.3) is 0 Å². The normalized spacial score (nSPS) is 23.6. The van der Waals surface area contributed by atoms with E-state index >= 15 is 0 Å². The number of hydrogen-bond acceptors (Lipinski definition) is 3. The molecule has 1 saturated heterocycles. The lowest BCUT2D eigenvalue weighted by Gasteiger charge is -2.31. The van der Waals surface area contributed by atoms with Gasteiger partial charge in [-0.2, -0.15) is 0 Å². The van der Waals surface area contributed by atoms with Crippen LogP contribution in [-0.4, -0.2) is 37.2 Å². The van der Waals surface area contributed by atoms with Crippen LogP contribution in [0.15, 0.2) is 24.3 Å². The van der Waals surface area contributed by atoms with Crippen LogP contribution < -0.4 is 5.73 Å². The van der Waals surface area contributed by atoms with E-state index in [0.29, 0.717) is 6.54 Å². The third-order valence-electron chi connectivity index (χ3n) is 3.40. The highest BCUT2D eigenvalue weighted by molar-refractivity contribution is 6.30. The number of rotatable bonds is 3. The molecule has 0 radical (unpaired) electrons. The molecular weight excluding hydrogens is 248 g/mol. The largest absolute Gasteiger partial charge is 0.377 e. The summed E-state index contributed by atoms with van der Waals surface area (Å²) in [7, 11) is 0. The van der Waals surface area contributed by atoms with Crippen molar-refractivity contribution in [3.05, 3.63) is 34.9 Å². The molecule has 1 fully saturated rings. The summed E-state index contributed by atoms with van der Waals surface area (Å²) < 4.78 is 5.68. The molecule has 1 aliphatic heterocycles. The Kier molecular flexibility index (Phi) is 5.01. The predicted octanol–water partition coefficient (Wildman–Crippen LogP) is 2.45. The molecule has 1 aliphatic rings. The van der Waals surface area contributed by atoms with E-state index in [4.69, 9.17) is 22.1 Å². The Hall–Kier alpha value is -0.610. The molecule has 0 amide bonds. The summed E-state index contributed by atoms with van der Waals surface area (Å²) >= 11 is 5.93. The Morgan fingerprint density at radius 2 is 2.17 bits per heavy atom. The predicted molar refractivity (Wildman–Crippen MR) is 74.9 cm³/mol. The van der Waals surface area contributed by atoms with E-state index in [1.165, 1.54) is 5.56 Å². The molecule has 18 heavy (non-hydrogen) atoms. The average molecular weight is 269 g/mol. The molecule has 0 bridgehead atoms. The van der Waals surface area contributed by atoms with Crippen molar-refractivity contribution in [2.45, 2.75) is 25.5 Å². The molecule has 4 heteroatoms. The van der Waals surface area contributed by atoms with Crippen LogP contribution in [0.25, 0.3) is 0 Å². The van der Waals surface area contributed by atoms with Crippen LogP contribution in [0.3, 0.4) is 0 Å². The SMILES string of the molecule is CC1CN(C(CN)c2ccc(Cl)cc2)CCCO1. The summed E-state index contributed by atoms with van der Waals surface area (Å²) in [5, 5.41) is 0.766. The van der Waals surface area contributed by atoms with Gasteiger partial charge in [-0.05, 0) is 31.0 Å². The maximum absolute atomic E-state index is 5.95. The fourth-order valence-corrected chi connectivity index (χ4v) is 2.62. The van der Waals surface area contributed by atoms with E-state index in [9.17, 15) is 0 Å². The van der Waals surface area contributed by atoms with Crippen LogP contribution >= 0.6 is 11.6 Å². The summed E-state index contributed by atoms with van der Waals surface area (Å²) in [6, 6.07) is 8.24. The van der Waals surface area contributed by atoms with Crippen LogP contribution in [0.1, 0.15) is 24.9 Å². The highest BCUT2D eigenvalue weighted by Crippen LogP contribution is 2.23. The van der Waals surface area contributed by atoms with Crippen molar-refractivity contribution in [2.75, 3.05) is 26.2 Å². The van der Waals surface area contributed by atoms with Crippen LogP contribution in [0.2, 0.25) is 5.02 Å². The topological polar surface area (TPSA) is 38.5 Å². The molecule has 2 unspecified atom stereocenters. The number of ether oxygens (including phenoxy) is 1. The second-order valence-corrected chi connectivity index (χ2v) is 5.27. The van der Waals surface area contributed by atoms with E-state index in [1.54, 1.807) is 0 Å². The molecule has 2 rings (SSSR count). The van der Waals surface area contributed by atoms with Gasteiger partial charge in [0.15, 0.2) is 0 Å². The fourth-order valence-electron chi connectivity index (χ4n) is 2.49. The van der Waals surface area contributed by atoms with E-state index in [1.807, 2.05) is 12.1 Å². The van der Waals surface area contributed by atoms with E-state index in [-0.39, 0.29) is 12.1 Å². The van der Waals surface area contributed by atoms with E-state index < -0.39 is 0 Å². The minimum Gasteiger partial charge on any atom is -0.377 e. The molecule has 0 aliphatic carbocycles. The fraction of sp³-hybridized carbons (Fsp3) is 0.571. The quantitative estimate of drug-likeness (QED) is 0.915. The van der Waals surface area contributed by atoms with Gasteiger partial charge < -0.3 is 10.5 Å². The number of benzene rings is 1. The number of nitrogens with zero attached hydrogens (tertiary/aromatic N) is 1. The highest BCUT2D eigenvalue weighted by Gasteiger charge is 2.23. The maximum Gasteiger partial charge on any atom is 0.0674 e. The molecule has 2 N–H and O–H groups in total. The van der Waals surface area contributed by atoms with Crippen molar-refractivity contribution >= 4 is 11.6 Å². The molecule has 2 atom stereocenters. The van der Waals surface area contributed by atoms with Gasteiger partial charge in [0, 0.05) is 37.3 Å². The van der Waals surface area contributed by atoms with Crippen molar-refractivity contribution in [1.29, 1.82) is 0 Å². The lowest BCUT2D eigenvalue weighted by Crippen LogP contribution is -2.37. The van der Waals surface area contributed by atoms with Gasteiger partial charge in [0.2, 0.25) is 0 Å². The molecule has 3 nitrogen and oxygen atoms in total. The molecule has 1 aromatic carbocycles. The highest BCUT2D eigenvalue weighted by atomic mass is 35.5. The Morgan fingerprint density at radius 3 is 2.83 bits per heavy atom. The Morgan fingerprint density at radius 1 is 1.44 bits per heavy atom. The van der Waals surface area contributed by atoms with E-state index in [2.05, 4.69) is 24.0 Å². The summed E-state index contributed by atoms with van der Waals surface area (Å²) in [5.41, 5.74) is 7.19. The van der Waals surface area contributed by atoms with Gasteiger partial charge in [0.05, 0.1) is 6.10 Å². The van der Waals surface area contributed by atoms with Crippen molar-refractivity contribution in [3.63, 3.8) is 0 Å². The van der Waals surface area contributed by atoms with Gasteiger partial charge in [-0.25, -0.2) is 0 Å². The van der Waals surface area contributed by atoms with E-state index in [0.717, 1.165) is 31.1 Å². The first-order valence-electron chi connectivity index (χ1n) is 6.52. The number of halogens is 1. The minimum absolute atomic E-state index is 0.256. The van der Waals surface area contributed by atoms with Crippen LogP contribution in [0.5, 0.6) is 0 Å². The van der Waals surface area contributed by atoms with Gasteiger partial charge in [-0.15, -0.1) is 0 Å². The average Bonchev–Trinajstić information content (AvgIpc) is 2.57. The second kappa shape index (κ2) is 6.53. The Labute approximate surface area is 114 Å². The zero-order chi connectivity index (χ0) is 13.0. The summed E-state index contributed by atoms with van der Waals surface area (Å²) in [6.07, 6.45) is 1.34. The maximum atomic E-state index is 5.95. The molecule has 0 saturated carbocycles. The minimum atomic E-state index is 0.256. The van der Waals surface area contributed by atoms with Crippen LogP contribution in [-0.2, 0) is 4.74 Å². The van der Waals surface area contributed by atoms with Gasteiger partial charge in [-0.1, -0.05) is 23.7 Å². The number of nitrogens with two attached hydrogens (primary N) is 1. The smallest absolute Gasteiger partial charge is 0.0674 e.